The molecule has 3 heterocycles. The summed E-state index contributed by atoms with van der Waals surface area (Å²) < 4.78 is 2.52. The number of nitrogens with zero attached hydrogens (tertiary/aromatic N) is 5. The highest BCUT2D eigenvalue weighted by molar-refractivity contribution is 9.10. The predicted octanol–water partition coefficient (Wildman–Crippen LogP) is 4.92. The molecular weight excluding hydrogens is 622 g/mol. The van der Waals surface area contributed by atoms with E-state index >= 15 is 0 Å². The van der Waals surface area contributed by atoms with Gasteiger partial charge in [-0.2, -0.15) is 0 Å². The maximum Gasteiger partial charge on any atom is 0.264 e. The lowest BCUT2D eigenvalue weighted by Crippen LogP contribution is -2.44. The molecule has 0 aliphatic carbocycles. The van der Waals surface area contributed by atoms with E-state index in [0.717, 1.165) is 27.8 Å². The smallest absolute Gasteiger partial charge is 0.264 e. The van der Waals surface area contributed by atoms with Gasteiger partial charge in [-0.25, -0.2) is 0 Å². The zero-order valence-electron chi connectivity index (χ0n) is 24.4. The highest BCUT2D eigenvalue weighted by Gasteiger charge is 2.52. The third-order valence-electron chi connectivity index (χ3n) is 8.58. The van der Waals surface area contributed by atoms with Gasteiger partial charge in [0.05, 0.1) is 30.5 Å². The van der Waals surface area contributed by atoms with Crippen LogP contribution in [0.1, 0.15) is 48.1 Å². The van der Waals surface area contributed by atoms with Gasteiger partial charge in [-0.05, 0) is 47.9 Å². The number of β-lactam (4-membered cyclic amide) rings is 1. The fraction of sp³-hybridized carbons (Fsp3) is 0.294. The molecule has 44 heavy (non-hydrogen) atoms. The molecule has 4 aromatic rings. The van der Waals surface area contributed by atoms with Crippen molar-refractivity contribution in [3.8, 4) is 0 Å². The van der Waals surface area contributed by atoms with Crippen LogP contribution in [-0.4, -0.2) is 50.2 Å². The number of halogens is 1. The second kappa shape index (κ2) is 12.5. The first-order chi connectivity index (χ1) is 21.3. The van der Waals surface area contributed by atoms with Crippen LogP contribution in [0.4, 0.5) is 11.4 Å². The monoisotopic (exact) mass is 655 g/mol. The molecule has 9 nitrogen and oxygen atoms in total. The summed E-state index contributed by atoms with van der Waals surface area (Å²) in [5.41, 5.74) is 2.94. The normalized spacial score (nSPS) is 19.4. The highest BCUT2D eigenvalue weighted by Crippen LogP contribution is 2.46. The Balaban J connectivity index is 1.14. The van der Waals surface area contributed by atoms with Crippen molar-refractivity contribution in [1.82, 2.24) is 15.0 Å². The van der Waals surface area contributed by atoms with E-state index in [1.165, 1.54) is 0 Å². The highest BCUT2D eigenvalue weighted by atomic mass is 79.9. The number of rotatable bonds is 11. The van der Waals surface area contributed by atoms with E-state index in [1.54, 1.807) is 14.5 Å². The van der Waals surface area contributed by atoms with E-state index in [0.29, 0.717) is 42.9 Å². The Morgan fingerprint density at radius 3 is 2.52 bits per heavy atom. The van der Waals surface area contributed by atoms with Crippen LogP contribution in [-0.2, 0) is 28.3 Å². The van der Waals surface area contributed by atoms with Gasteiger partial charge in [0.15, 0.2) is 5.60 Å². The number of amides is 2. The van der Waals surface area contributed by atoms with Crippen LogP contribution >= 0.6 is 15.9 Å². The van der Waals surface area contributed by atoms with Crippen LogP contribution in [0.2, 0.25) is 0 Å². The van der Waals surface area contributed by atoms with E-state index in [2.05, 4.69) is 26.2 Å². The van der Waals surface area contributed by atoms with E-state index in [-0.39, 0.29) is 24.3 Å². The van der Waals surface area contributed by atoms with E-state index < -0.39 is 11.5 Å². The summed E-state index contributed by atoms with van der Waals surface area (Å²) in [6, 6.07) is 22.9. The van der Waals surface area contributed by atoms with Crippen molar-refractivity contribution in [2.45, 2.75) is 44.4 Å². The minimum Gasteiger partial charge on any atom is -0.395 e. The zero-order chi connectivity index (χ0) is 30.8. The molecule has 0 spiro atoms. The molecule has 1 fully saturated rings. The van der Waals surface area contributed by atoms with Crippen LogP contribution in [0, 0.1) is 5.92 Å². The number of aliphatic hydroxyl groups excluding tert-OH is 1. The Morgan fingerprint density at radius 1 is 1.07 bits per heavy atom. The molecule has 1 saturated heterocycles. The second-order valence-corrected chi connectivity index (χ2v) is 12.3. The fourth-order valence-corrected chi connectivity index (χ4v) is 6.27. The van der Waals surface area contributed by atoms with E-state index in [4.69, 9.17) is 0 Å². The largest absolute Gasteiger partial charge is 0.395 e. The molecule has 2 aliphatic rings. The Morgan fingerprint density at radius 2 is 1.84 bits per heavy atom. The number of benzene rings is 3. The molecule has 0 bridgehead atoms. The van der Waals surface area contributed by atoms with Gasteiger partial charge in [-0.3, -0.25) is 14.3 Å². The van der Waals surface area contributed by atoms with Crippen molar-refractivity contribution in [3.63, 3.8) is 0 Å². The second-order valence-electron chi connectivity index (χ2n) is 11.3. The molecule has 0 radical (unpaired) electrons. The number of hydrogen-bond donors (Lipinski definition) is 2. The Labute approximate surface area is 264 Å². The third kappa shape index (κ3) is 5.60. The van der Waals surface area contributed by atoms with Crippen molar-refractivity contribution in [2.24, 2.45) is 5.92 Å². The number of anilines is 2. The average molecular weight is 657 g/mol. The molecule has 3 aromatic carbocycles. The SMILES string of the molecule is C[C@H](/C=C/CCn1cc(C(CO)c2ccccc2)nn1)[C@@]1(O)C(=O)N(Cc2ccc(N3CCC3=O)cc2)c2ccc(Br)cc21. The molecule has 2 N–H and O–H groups in total. The lowest BCUT2D eigenvalue weighted by molar-refractivity contribution is -0.139. The minimum atomic E-state index is -1.73. The van der Waals surface area contributed by atoms with Gasteiger partial charge in [0.25, 0.3) is 5.91 Å². The number of carbonyl (C=O) groups is 2. The lowest BCUT2D eigenvalue weighted by Gasteiger charge is -2.31. The Bertz CT molecular complexity index is 1690. The molecule has 3 atom stereocenters. The molecule has 0 saturated carbocycles. The molecule has 226 valence electrons. The number of hydrogen-bond acceptors (Lipinski definition) is 6. The van der Waals surface area contributed by atoms with Crippen molar-refractivity contribution >= 4 is 39.1 Å². The number of aromatic nitrogens is 3. The van der Waals surface area contributed by atoms with Gasteiger partial charge in [-0.15, -0.1) is 5.10 Å². The van der Waals surface area contributed by atoms with Crippen LogP contribution in [0.5, 0.6) is 0 Å². The van der Waals surface area contributed by atoms with Crippen molar-refractivity contribution in [1.29, 1.82) is 0 Å². The summed E-state index contributed by atoms with van der Waals surface area (Å²) in [5.74, 6) is -1.01. The van der Waals surface area contributed by atoms with Gasteiger partial charge in [0, 0.05) is 47.3 Å². The number of aryl methyl sites for hydroxylation is 1. The molecule has 10 heteroatoms. The summed E-state index contributed by atoms with van der Waals surface area (Å²) in [4.78, 5) is 29.1. The van der Waals surface area contributed by atoms with Crippen molar-refractivity contribution in [2.75, 3.05) is 23.0 Å². The quantitative estimate of drug-likeness (QED) is 0.175. The van der Waals surface area contributed by atoms with Gasteiger partial charge >= 0.3 is 0 Å². The molecule has 6 rings (SSSR count). The Kier molecular flexibility index (Phi) is 8.48. The number of allylic oxidation sites excluding steroid dienone is 1. The summed E-state index contributed by atoms with van der Waals surface area (Å²) >= 11 is 3.51. The van der Waals surface area contributed by atoms with E-state index in [1.807, 2.05) is 98.1 Å². The summed E-state index contributed by atoms with van der Waals surface area (Å²) in [5, 5.41) is 30.5. The number of aliphatic hydroxyl groups is 2. The van der Waals surface area contributed by atoms with Crippen LogP contribution in [0.25, 0.3) is 0 Å². The predicted molar refractivity (Wildman–Crippen MR) is 171 cm³/mol. The third-order valence-corrected chi connectivity index (χ3v) is 9.07. The topological polar surface area (TPSA) is 112 Å². The van der Waals surface area contributed by atoms with Crippen LogP contribution in [0.15, 0.2) is 95.6 Å². The first-order valence-electron chi connectivity index (χ1n) is 14.8. The average Bonchev–Trinajstić information content (AvgIpc) is 3.57. The van der Waals surface area contributed by atoms with Crippen molar-refractivity contribution < 1.29 is 19.8 Å². The summed E-state index contributed by atoms with van der Waals surface area (Å²) in [6.07, 6.45) is 6.87. The zero-order valence-corrected chi connectivity index (χ0v) is 26.0. The molecule has 1 aromatic heterocycles. The van der Waals surface area contributed by atoms with Gasteiger partial charge in [0.2, 0.25) is 5.91 Å². The number of carbonyl (C=O) groups excluding carboxylic acids is 2. The van der Waals surface area contributed by atoms with Gasteiger partial charge in [0.1, 0.15) is 0 Å². The van der Waals surface area contributed by atoms with Crippen LogP contribution in [0.3, 0.4) is 0 Å². The maximum atomic E-state index is 13.9. The van der Waals surface area contributed by atoms with Crippen molar-refractivity contribution in [3.05, 3.63) is 118 Å². The summed E-state index contributed by atoms with van der Waals surface area (Å²) in [7, 11) is 0. The maximum absolute atomic E-state index is 13.9. The lowest BCUT2D eigenvalue weighted by atomic mass is 9.83. The first-order valence-corrected chi connectivity index (χ1v) is 15.5. The molecule has 2 aliphatic heterocycles. The Hall–Kier alpha value is -4.12. The molecule has 1 unspecified atom stereocenters. The van der Waals surface area contributed by atoms with Gasteiger partial charge < -0.3 is 20.0 Å². The fourth-order valence-electron chi connectivity index (χ4n) is 5.91. The molecule has 2 amide bonds. The minimum absolute atomic E-state index is 0.0632. The first kappa shape index (κ1) is 29.9. The van der Waals surface area contributed by atoms with Crippen LogP contribution < -0.4 is 9.80 Å². The number of fused-ring (bicyclic) bond motifs is 1. The standard InChI is InChI=1S/C34H34BrN5O4/c1-23(7-5-6-17-38-21-30(36-37-38)28(22-41)25-8-3-2-4-9-25)34(44)29-19-26(35)12-15-31(29)40(33(34)43)20-24-10-13-27(14-11-24)39-18-16-32(39)42/h2-5,7-15,19,21,23,28,41,44H,6,16-18,20,22H2,1H3/b7-5+/t23-,28?,34+/m1/s1. The summed E-state index contributed by atoms with van der Waals surface area (Å²) in [6.45, 7) is 3.37. The van der Waals surface area contributed by atoms with Gasteiger partial charge in [-0.1, -0.05) is 82.7 Å². The molecular formula is C34H34BrN5O4. The van der Waals surface area contributed by atoms with E-state index in [9.17, 15) is 19.8 Å².